The van der Waals surface area contributed by atoms with Crippen molar-refractivity contribution in [1.82, 2.24) is 15.0 Å². The third kappa shape index (κ3) is 2.32. The molecule has 2 aromatic rings. The van der Waals surface area contributed by atoms with Crippen molar-refractivity contribution in [3.05, 3.63) is 47.8 Å². The highest BCUT2D eigenvalue weighted by atomic mass is 35.5. The van der Waals surface area contributed by atoms with Crippen LogP contribution in [-0.2, 0) is 0 Å². The number of nitrogens with zero attached hydrogens (tertiary/aromatic N) is 3. The lowest BCUT2D eigenvalue weighted by molar-refractivity contribution is 0.102. The van der Waals surface area contributed by atoms with E-state index in [1.54, 1.807) is 18.3 Å². The Hall–Kier alpha value is -2.01. The molecule has 1 N–H and O–H groups in total. The quantitative estimate of drug-likeness (QED) is 0.805. The van der Waals surface area contributed by atoms with Gasteiger partial charge in [-0.05, 0) is 12.1 Å². The Labute approximate surface area is 96.5 Å². The Kier molecular flexibility index (Phi) is 3.07. The second kappa shape index (κ2) is 4.67. The molecule has 0 atom stereocenters. The van der Waals surface area contributed by atoms with Crippen molar-refractivity contribution in [3.63, 3.8) is 0 Å². The van der Waals surface area contributed by atoms with Gasteiger partial charge < -0.3 is 5.32 Å². The van der Waals surface area contributed by atoms with Crippen LogP contribution < -0.4 is 5.32 Å². The van der Waals surface area contributed by atoms with Gasteiger partial charge in [-0.2, -0.15) is 0 Å². The van der Waals surface area contributed by atoms with Crippen molar-refractivity contribution in [2.24, 2.45) is 0 Å². The molecule has 2 rings (SSSR count). The Balaban J connectivity index is 2.18. The molecular weight excluding hydrogens is 228 g/mol. The Morgan fingerprint density at radius 3 is 2.81 bits per heavy atom. The van der Waals surface area contributed by atoms with Crippen LogP contribution in [0.4, 0.5) is 5.69 Å². The van der Waals surface area contributed by atoms with E-state index in [2.05, 4.69) is 20.3 Å². The van der Waals surface area contributed by atoms with Gasteiger partial charge in [-0.1, -0.05) is 11.6 Å². The number of aromatic nitrogens is 3. The fourth-order valence-electron chi connectivity index (χ4n) is 1.08. The van der Waals surface area contributed by atoms with Crippen LogP contribution in [0.15, 0.2) is 36.9 Å². The maximum atomic E-state index is 11.7. The van der Waals surface area contributed by atoms with Gasteiger partial charge >= 0.3 is 0 Å². The predicted molar refractivity (Wildman–Crippen MR) is 59.2 cm³/mol. The number of halogens is 1. The molecule has 0 spiro atoms. The fraction of sp³-hybridized carbons (Fsp3) is 0. The Morgan fingerprint density at radius 1 is 1.25 bits per heavy atom. The van der Waals surface area contributed by atoms with Crippen molar-refractivity contribution in [3.8, 4) is 0 Å². The monoisotopic (exact) mass is 234 g/mol. The minimum Gasteiger partial charge on any atom is -0.318 e. The van der Waals surface area contributed by atoms with E-state index in [0.29, 0.717) is 5.69 Å². The number of anilines is 1. The van der Waals surface area contributed by atoms with Gasteiger partial charge in [0.15, 0.2) is 5.15 Å². The first kappa shape index (κ1) is 10.5. The SMILES string of the molecule is O=C(Nc1cccnc1Cl)c1cnccn1. The minimum atomic E-state index is -0.372. The molecule has 0 bridgehead atoms. The zero-order chi connectivity index (χ0) is 11.4. The molecule has 0 aliphatic heterocycles. The number of rotatable bonds is 2. The van der Waals surface area contributed by atoms with Crippen LogP contribution in [-0.4, -0.2) is 20.9 Å². The Morgan fingerprint density at radius 2 is 2.12 bits per heavy atom. The summed E-state index contributed by atoms with van der Waals surface area (Å²) < 4.78 is 0. The number of hydrogen-bond acceptors (Lipinski definition) is 4. The first-order valence-corrected chi connectivity index (χ1v) is 4.83. The van der Waals surface area contributed by atoms with Crippen LogP contribution in [0.1, 0.15) is 10.5 Å². The maximum absolute atomic E-state index is 11.7. The van der Waals surface area contributed by atoms with Gasteiger partial charge in [0.05, 0.1) is 11.9 Å². The standard InChI is InChI=1S/C10H7ClN4O/c11-9-7(2-1-3-14-9)15-10(16)8-6-12-4-5-13-8/h1-6H,(H,15,16). The minimum absolute atomic E-state index is 0.224. The Bertz CT molecular complexity index is 503. The van der Waals surface area contributed by atoms with Crippen LogP contribution >= 0.6 is 11.6 Å². The third-order valence-electron chi connectivity index (χ3n) is 1.80. The molecule has 0 unspecified atom stereocenters. The van der Waals surface area contributed by atoms with E-state index < -0.39 is 0 Å². The zero-order valence-electron chi connectivity index (χ0n) is 8.09. The van der Waals surface area contributed by atoms with Gasteiger partial charge in [0.2, 0.25) is 0 Å². The van der Waals surface area contributed by atoms with Crippen LogP contribution in [0, 0.1) is 0 Å². The highest BCUT2D eigenvalue weighted by Gasteiger charge is 2.09. The summed E-state index contributed by atoms with van der Waals surface area (Å²) in [5.74, 6) is -0.372. The fourth-order valence-corrected chi connectivity index (χ4v) is 1.25. The van der Waals surface area contributed by atoms with Crippen LogP contribution in [0.5, 0.6) is 0 Å². The predicted octanol–water partition coefficient (Wildman–Crippen LogP) is 1.78. The van der Waals surface area contributed by atoms with Crippen molar-refractivity contribution in [1.29, 1.82) is 0 Å². The molecular formula is C10H7ClN4O. The van der Waals surface area contributed by atoms with Gasteiger partial charge in [-0.15, -0.1) is 0 Å². The van der Waals surface area contributed by atoms with Crippen molar-refractivity contribution >= 4 is 23.2 Å². The molecule has 1 amide bonds. The van der Waals surface area contributed by atoms with E-state index in [4.69, 9.17) is 11.6 Å². The average Bonchev–Trinajstić information content (AvgIpc) is 2.33. The van der Waals surface area contributed by atoms with Crippen molar-refractivity contribution < 1.29 is 4.79 Å². The molecule has 0 aliphatic carbocycles. The van der Waals surface area contributed by atoms with Gasteiger partial charge in [-0.3, -0.25) is 9.78 Å². The van der Waals surface area contributed by atoms with Crippen LogP contribution in [0.2, 0.25) is 5.15 Å². The number of nitrogens with one attached hydrogen (secondary N) is 1. The summed E-state index contributed by atoms with van der Waals surface area (Å²) in [6.07, 6.45) is 5.85. The number of hydrogen-bond donors (Lipinski definition) is 1. The highest BCUT2D eigenvalue weighted by molar-refractivity contribution is 6.32. The summed E-state index contributed by atoms with van der Waals surface area (Å²) >= 11 is 5.79. The molecule has 6 heteroatoms. The topological polar surface area (TPSA) is 67.8 Å². The number of carbonyl (C=O) groups is 1. The molecule has 0 radical (unpaired) electrons. The first-order chi connectivity index (χ1) is 7.77. The molecule has 0 aromatic carbocycles. The zero-order valence-corrected chi connectivity index (χ0v) is 8.85. The summed E-state index contributed by atoms with van der Waals surface area (Å²) in [5, 5.41) is 2.83. The summed E-state index contributed by atoms with van der Waals surface area (Å²) in [6, 6.07) is 3.34. The third-order valence-corrected chi connectivity index (χ3v) is 2.10. The molecule has 2 heterocycles. The molecule has 0 fully saturated rings. The second-order valence-corrected chi connectivity index (χ2v) is 3.24. The summed E-state index contributed by atoms with van der Waals surface area (Å²) in [7, 11) is 0. The first-order valence-electron chi connectivity index (χ1n) is 4.45. The van der Waals surface area contributed by atoms with Gasteiger partial charge in [0.25, 0.3) is 5.91 Å². The number of pyridine rings is 1. The molecule has 16 heavy (non-hydrogen) atoms. The number of amides is 1. The van der Waals surface area contributed by atoms with Crippen LogP contribution in [0.25, 0.3) is 0 Å². The summed E-state index contributed by atoms with van der Waals surface area (Å²) in [6.45, 7) is 0. The van der Waals surface area contributed by atoms with Gasteiger partial charge in [0.1, 0.15) is 5.69 Å². The van der Waals surface area contributed by atoms with E-state index in [9.17, 15) is 4.79 Å². The average molecular weight is 235 g/mol. The van der Waals surface area contributed by atoms with Crippen molar-refractivity contribution in [2.45, 2.75) is 0 Å². The smallest absolute Gasteiger partial charge is 0.275 e. The molecule has 0 saturated carbocycles. The maximum Gasteiger partial charge on any atom is 0.275 e. The lowest BCUT2D eigenvalue weighted by Gasteiger charge is -2.04. The van der Waals surface area contributed by atoms with E-state index >= 15 is 0 Å². The summed E-state index contributed by atoms with van der Waals surface area (Å²) in [5.41, 5.74) is 0.669. The van der Waals surface area contributed by atoms with E-state index in [-0.39, 0.29) is 16.8 Å². The second-order valence-electron chi connectivity index (χ2n) is 2.89. The molecule has 2 aromatic heterocycles. The molecule has 80 valence electrons. The molecule has 0 aliphatic rings. The van der Waals surface area contributed by atoms with Gasteiger partial charge in [-0.25, -0.2) is 9.97 Å². The molecule has 5 nitrogen and oxygen atoms in total. The van der Waals surface area contributed by atoms with E-state index in [0.717, 1.165) is 0 Å². The largest absolute Gasteiger partial charge is 0.318 e. The van der Waals surface area contributed by atoms with Crippen LogP contribution in [0.3, 0.4) is 0 Å². The lowest BCUT2D eigenvalue weighted by Crippen LogP contribution is -2.14. The number of carbonyl (C=O) groups excluding carboxylic acids is 1. The van der Waals surface area contributed by atoms with Crippen molar-refractivity contribution in [2.75, 3.05) is 5.32 Å². The summed E-state index contributed by atoms with van der Waals surface area (Å²) in [4.78, 5) is 23.2. The normalized spacial score (nSPS) is 9.81. The lowest BCUT2D eigenvalue weighted by atomic mass is 10.3. The molecule has 0 saturated heterocycles. The van der Waals surface area contributed by atoms with Gasteiger partial charge in [0, 0.05) is 18.6 Å². The van der Waals surface area contributed by atoms with E-state index in [1.807, 2.05) is 0 Å². The van der Waals surface area contributed by atoms with E-state index in [1.165, 1.54) is 18.6 Å². The highest BCUT2D eigenvalue weighted by Crippen LogP contribution is 2.17.